The lowest BCUT2D eigenvalue weighted by Gasteiger charge is -2.23. The molecule has 2 aliphatic rings. The molecule has 31 heavy (non-hydrogen) atoms. The van der Waals surface area contributed by atoms with Gasteiger partial charge in [-0.15, -0.1) is 0 Å². The Balaban J connectivity index is 1.79. The Hall–Kier alpha value is -3.56. The summed E-state index contributed by atoms with van der Waals surface area (Å²) < 4.78 is 5.22. The fourth-order valence-electron chi connectivity index (χ4n) is 4.02. The predicted octanol–water partition coefficient (Wildman–Crippen LogP) is 4.36. The first-order chi connectivity index (χ1) is 15.0. The fourth-order valence-corrected chi connectivity index (χ4v) is 4.02. The highest BCUT2D eigenvalue weighted by Gasteiger charge is 2.28. The van der Waals surface area contributed by atoms with Crippen molar-refractivity contribution < 1.29 is 9.84 Å². The van der Waals surface area contributed by atoms with Crippen molar-refractivity contribution in [2.75, 3.05) is 7.11 Å². The van der Waals surface area contributed by atoms with Crippen LogP contribution in [0.3, 0.4) is 0 Å². The molecule has 1 N–H and O–H groups in total. The first-order valence-corrected chi connectivity index (χ1v) is 10.2. The molecule has 2 aromatic rings. The van der Waals surface area contributed by atoms with Crippen molar-refractivity contribution in [3.05, 3.63) is 88.8 Å². The van der Waals surface area contributed by atoms with Gasteiger partial charge in [-0.25, -0.2) is 15.0 Å². The van der Waals surface area contributed by atoms with Gasteiger partial charge in [0.05, 0.1) is 30.8 Å². The second kappa shape index (κ2) is 8.66. The minimum absolute atomic E-state index is 0.0592. The van der Waals surface area contributed by atoms with Gasteiger partial charge < -0.3 is 9.84 Å². The number of methoxy groups -OCH3 is 1. The van der Waals surface area contributed by atoms with E-state index in [1.165, 1.54) is 0 Å². The van der Waals surface area contributed by atoms with Gasteiger partial charge in [0.2, 0.25) is 0 Å². The lowest BCUT2D eigenvalue weighted by atomic mass is 9.86. The van der Waals surface area contributed by atoms with Gasteiger partial charge in [-0.1, -0.05) is 48.1 Å². The Morgan fingerprint density at radius 3 is 2.45 bits per heavy atom. The maximum atomic E-state index is 10.7. The molecule has 0 saturated carbocycles. The van der Waals surface area contributed by atoms with Crippen molar-refractivity contribution >= 4 is 0 Å². The van der Waals surface area contributed by atoms with Crippen LogP contribution < -0.4 is 0 Å². The molecule has 2 aliphatic carbocycles. The van der Waals surface area contributed by atoms with Crippen LogP contribution in [0.15, 0.2) is 77.1 Å². The Morgan fingerprint density at radius 2 is 1.81 bits per heavy atom. The third-order valence-electron chi connectivity index (χ3n) is 5.65. The summed E-state index contributed by atoms with van der Waals surface area (Å²) in [5.41, 5.74) is 3.58. The number of aliphatic hydroxyl groups excluding tert-OH is 1. The minimum Gasteiger partial charge on any atom is -0.497 e. The highest BCUT2D eigenvalue weighted by atomic mass is 16.5. The van der Waals surface area contributed by atoms with Crippen molar-refractivity contribution in [2.45, 2.75) is 38.2 Å². The molecular formula is C25H24N4O2. The zero-order valence-corrected chi connectivity index (χ0v) is 17.8. The summed E-state index contributed by atoms with van der Waals surface area (Å²) in [4.78, 5) is 14.3. The standard InChI is InChI=1S/C25H24N4O2/c1-15-11-18(12-16(2)21(15)14-26)24-27-23(17-7-5-4-6-8-17)28-25(29-24)20-10-9-19(31-3)13-22(20)30/h4-11,13,18,20,22,30H,12H2,1-3H3. The first kappa shape index (κ1) is 20.7. The number of allylic oxidation sites excluding steroid dienone is 5. The molecule has 0 amide bonds. The van der Waals surface area contributed by atoms with Crippen molar-refractivity contribution in [1.82, 2.24) is 15.0 Å². The van der Waals surface area contributed by atoms with Crippen LogP contribution in [0.4, 0.5) is 0 Å². The maximum absolute atomic E-state index is 10.7. The molecule has 1 aromatic heterocycles. The van der Waals surface area contributed by atoms with Gasteiger partial charge in [-0.3, -0.25) is 0 Å². The van der Waals surface area contributed by atoms with Gasteiger partial charge in [0.1, 0.15) is 17.4 Å². The largest absolute Gasteiger partial charge is 0.497 e. The Labute approximate surface area is 182 Å². The molecule has 0 saturated heterocycles. The molecule has 1 heterocycles. The molecule has 0 spiro atoms. The Bertz CT molecular complexity index is 1160. The fraction of sp³-hybridized carbons (Fsp3) is 0.280. The SMILES string of the molecule is COC1=CC(O)C(c2nc(-c3ccccc3)nc(C3C=C(C)C(C#N)=C(C)C3)n2)C=C1. The quantitative estimate of drug-likeness (QED) is 0.802. The molecule has 0 radical (unpaired) electrons. The van der Waals surface area contributed by atoms with E-state index in [0.29, 0.717) is 29.7 Å². The van der Waals surface area contributed by atoms with Crippen LogP contribution in [0.25, 0.3) is 11.4 Å². The van der Waals surface area contributed by atoms with Crippen LogP contribution in [0.5, 0.6) is 0 Å². The molecule has 3 atom stereocenters. The van der Waals surface area contributed by atoms with Crippen LogP contribution in [-0.4, -0.2) is 33.3 Å². The summed E-state index contributed by atoms with van der Waals surface area (Å²) in [5.74, 6) is 1.87. The molecule has 6 heteroatoms. The van der Waals surface area contributed by atoms with E-state index in [0.717, 1.165) is 22.3 Å². The number of nitrogens with zero attached hydrogens (tertiary/aromatic N) is 4. The molecule has 0 bridgehead atoms. The van der Waals surface area contributed by atoms with Crippen molar-refractivity contribution in [2.24, 2.45) is 0 Å². The zero-order valence-electron chi connectivity index (χ0n) is 17.8. The number of benzene rings is 1. The third kappa shape index (κ3) is 4.18. The van der Waals surface area contributed by atoms with Gasteiger partial charge in [-0.05, 0) is 38.0 Å². The number of ether oxygens (including phenoxy) is 1. The molecule has 0 fully saturated rings. The van der Waals surface area contributed by atoms with Crippen molar-refractivity contribution in [3.63, 3.8) is 0 Å². The van der Waals surface area contributed by atoms with Gasteiger partial charge in [0, 0.05) is 11.5 Å². The van der Waals surface area contributed by atoms with Crippen LogP contribution in [-0.2, 0) is 4.74 Å². The van der Waals surface area contributed by atoms with Gasteiger partial charge in [0.15, 0.2) is 5.82 Å². The maximum Gasteiger partial charge on any atom is 0.163 e. The summed E-state index contributed by atoms with van der Waals surface area (Å²) in [7, 11) is 1.57. The number of aliphatic hydroxyl groups is 1. The Kier molecular flexibility index (Phi) is 5.79. The van der Waals surface area contributed by atoms with E-state index in [2.05, 4.69) is 12.1 Å². The lowest BCUT2D eigenvalue weighted by Crippen LogP contribution is -2.22. The molecule has 3 unspecified atom stereocenters. The topological polar surface area (TPSA) is 91.9 Å². The van der Waals surface area contributed by atoms with E-state index < -0.39 is 12.0 Å². The molecule has 0 aliphatic heterocycles. The predicted molar refractivity (Wildman–Crippen MR) is 118 cm³/mol. The van der Waals surface area contributed by atoms with Crippen LogP contribution >= 0.6 is 0 Å². The molecule has 4 rings (SSSR count). The van der Waals surface area contributed by atoms with Gasteiger partial charge >= 0.3 is 0 Å². The van der Waals surface area contributed by atoms with Gasteiger partial charge in [0.25, 0.3) is 0 Å². The van der Waals surface area contributed by atoms with Crippen LogP contribution in [0.2, 0.25) is 0 Å². The summed E-state index contributed by atoms with van der Waals surface area (Å²) in [6.45, 7) is 3.92. The number of nitriles is 1. The first-order valence-electron chi connectivity index (χ1n) is 10.2. The number of rotatable bonds is 4. The lowest BCUT2D eigenvalue weighted by molar-refractivity contribution is 0.190. The highest BCUT2D eigenvalue weighted by molar-refractivity contribution is 5.55. The van der Waals surface area contributed by atoms with Crippen molar-refractivity contribution in [3.8, 4) is 17.5 Å². The third-order valence-corrected chi connectivity index (χ3v) is 5.65. The van der Waals surface area contributed by atoms with E-state index >= 15 is 0 Å². The van der Waals surface area contributed by atoms with E-state index in [4.69, 9.17) is 19.7 Å². The average Bonchev–Trinajstić information content (AvgIpc) is 2.79. The molecule has 6 nitrogen and oxygen atoms in total. The Morgan fingerprint density at radius 1 is 1.06 bits per heavy atom. The smallest absolute Gasteiger partial charge is 0.163 e. The zero-order chi connectivity index (χ0) is 22.0. The van der Waals surface area contributed by atoms with Crippen LogP contribution in [0, 0.1) is 11.3 Å². The monoisotopic (exact) mass is 412 g/mol. The summed E-state index contributed by atoms with van der Waals surface area (Å²) in [6, 6.07) is 12.0. The minimum atomic E-state index is -0.797. The molecule has 156 valence electrons. The van der Waals surface area contributed by atoms with E-state index in [9.17, 15) is 10.4 Å². The summed E-state index contributed by atoms with van der Waals surface area (Å²) in [6.07, 6.45) is 7.27. The van der Waals surface area contributed by atoms with E-state index in [1.54, 1.807) is 13.2 Å². The molecule has 1 aromatic carbocycles. The highest BCUT2D eigenvalue weighted by Crippen LogP contribution is 2.35. The number of hydrogen-bond acceptors (Lipinski definition) is 6. The van der Waals surface area contributed by atoms with E-state index in [-0.39, 0.29) is 5.92 Å². The summed E-state index contributed by atoms with van der Waals surface area (Å²) in [5, 5.41) is 20.1. The normalized spacial score (nSPS) is 23.1. The van der Waals surface area contributed by atoms with E-state index in [1.807, 2.05) is 56.3 Å². The second-order valence-corrected chi connectivity index (χ2v) is 7.82. The van der Waals surface area contributed by atoms with Crippen LogP contribution in [0.1, 0.15) is 43.8 Å². The number of hydrogen-bond donors (Lipinski definition) is 1. The van der Waals surface area contributed by atoms with Crippen molar-refractivity contribution in [1.29, 1.82) is 5.26 Å². The number of aromatic nitrogens is 3. The average molecular weight is 412 g/mol. The summed E-state index contributed by atoms with van der Waals surface area (Å²) >= 11 is 0. The molecular weight excluding hydrogens is 388 g/mol. The van der Waals surface area contributed by atoms with Gasteiger partial charge in [-0.2, -0.15) is 5.26 Å². The second-order valence-electron chi connectivity index (χ2n) is 7.82.